The van der Waals surface area contributed by atoms with E-state index in [1.807, 2.05) is 26.0 Å². The minimum absolute atomic E-state index is 0.0184. The van der Waals surface area contributed by atoms with Crippen LogP contribution in [-0.4, -0.2) is 23.0 Å². The standard InChI is InChI=1S/C27H23Br3FN3O3/c1-4-15(2)26-33-21-10-7-18(28)12-20(21)27(35)34(26)32-13-17-11-22(36-3)25(24(30)23(17)29)37-14-16-5-8-19(31)9-6-16/h5-13,15H,4,14H2,1-3H3/t15-/m1/s1. The van der Waals surface area contributed by atoms with Crippen LogP contribution in [0.5, 0.6) is 11.5 Å². The number of fused-ring (bicyclic) bond motifs is 1. The largest absolute Gasteiger partial charge is 0.493 e. The Morgan fingerprint density at radius 3 is 2.51 bits per heavy atom. The van der Waals surface area contributed by atoms with E-state index in [9.17, 15) is 9.18 Å². The zero-order chi connectivity index (χ0) is 26.7. The van der Waals surface area contributed by atoms with Crippen LogP contribution in [0.1, 0.15) is 43.1 Å². The molecule has 37 heavy (non-hydrogen) atoms. The summed E-state index contributed by atoms with van der Waals surface area (Å²) in [5.41, 5.74) is 1.85. The van der Waals surface area contributed by atoms with Gasteiger partial charge in [0.15, 0.2) is 11.5 Å². The Bertz CT molecular complexity index is 1540. The third kappa shape index (κ3) is 5.97. The van der Waals surface area contributed by atoms with Gasteiger partial charge in [-0.25, -0.2) is 9.37 Å². The monoisotopic (exact) mass is 693 g/mol. The van der Waals surface area contributed by atoms with Crippen LogP contribution in [0.2, 0.25) is 0 Å². The second-order valence-corrected chi connectivity index (χ2v) is 10.8. The van der Waals surface area contributed by atoms with Crippen molar-refractivity contribution in [2.75, 3.05) is 7.11 Å². The summed E-state index contributed by atoms with van der Waals surface area (Å²) in [6.45, 7) is 4.28. The first-order valence-electron chi connectivity index (χ1n) is 11.4. The van der Waals surface area contributed by atoms with Crippen molar-refractivity contribution < 1.29 is 13.9 Å². The molecular formula is C27H23Br3FN3O3. The second-order valence-electron chi connectivity index (χ2n) is 8.34. The molecule has 0 N–H and O–H groups in total. The maximum Gasteiger partial charge on any atom is 0.282 e. The number of methoxy groups -OCH3 is 1. The lowest BCUT2D eigenvalue weighted by molar-refractivity contribution is 0.282. The van der Waals surface area contributed by atoms with Crippen molar-refractivity contribution in [1.82, 2.24) is 9.66 Å². The number of rotatable bonds is 8. The summed E-state index contributed by atoms with van der Waals surface area (Å²) in [4.78, 5) is 18.2. The molecule has 4 rings (SSSR count). The Balaban J connectivity index is 1.74. The summed E-state index contributed by atoms with van der Waals surface area (Å²) < 4.78 is 28.2. The van der Waals surface area contributed by atoms with Crippen molar-refractivity contribution in [2.45, 2.75) is 32.8 Å². The van der Waals surface area contributed by atoms with E-state index >= 15 is 0 Å². The van der Waals surface area contributed by atoms with E-state index in [0.717, 1.165) is 16.5 Å². The topological polar surface area (TPSA) is 65.7 Å². The van der Waals surface area contributed by atoms with Crippen LogP contribution >= 0.6 is 47.8 Å². The molecule has 3 aromatic carbocycles. The second kappa shape index (κ2) is 11.9. The van der Waals surface area contributed by atoms with Crippen molar-refractivity contribution in [3.05, 3.63) is 95.1 Å². The van der Waals surface area contributed by atoms with Crippen LogP contribution in [0, 0.1) is 5.82 Å². The summed E-state index contributed by atoms with van der Waals surface area (Å²) in [5, 5.41) is 5.03. The molecule has 0 aliphatic heterocycles. The lowest BCUT2D eigenvalue weighted by Crippen LogP contribution is -2.23. The summed E-state index contributed by atoms with van der Waals surface area (Å²) in [6, 6.07) is 13.3. The number of ether oxygens (including phenoxy) is 2. The molecule has 6 nitrogen and oxygen atoms in total. The maximum absolute atomic E-state index is 13.4. The Morgan fingerprint density at radius 1 is 1.11 bits per heavy atom. The Hall–Kier alpha value is -2.56. The van der Waals surface area contributed by atoms with Gasteiger partial charge in [0.05, 0.1) is 28.7 Å². The van der Waals surface area contributed by atoms with Gasteiger partial charge < -0.3 is 9.47 Å². The zero-order valence-electron chi connectivity index (χ0n) is 20.3. The minimum Gasteiger partial charge on any atom is -0.493 e. The van der Waals surface area contributed by atoms with E-state index in [1.54, 1.807) is 30.5 Å². The van der Waals surface area contributed by atoms with Crippen molar-refractivity contribution in [2.24, 2.45) is 5.10 Å². The van der Waals surface area contributed by atoms with Crippen LogP contribution in [0.25, 0.3) is 10.9 Å². The summed E-state index contributed by atoms with van der Waals surface area (Å²) in [6.07, 6.45) is 2.38. The lowest BCUT2D eigenvalue weighted by atomic mass is 10.1. The molecule has 10 heteroatoms. The van der Waals surface area contributed by atoms with Crippen LogP contribution < -0.4 is 15.0 Å². The molecule has 1 aromatic heterocycles. The fourth-order valence-electron chi connectivity index (χ4n) is 3.62. The molecule has 0 bridgehead atoms. The first-order chi connectivity index (χ1) is 17.7. The van der Waals surface area contributed by atoms with Crippen LogP contribution in [0.15, 0.2) is 71.8 Å². The minimum atomic E-state index is -0.307. The highest BCUT2D eigenvalue weighted by molar-refractivity contribution is 9.13. The van der Waals surface area contributed by atoms with E-state index in [4.69, 9.17) is 14.5 Å². The number of hydrogen-bond donors (Lipinski definition) is 0. The van der Waals surface area contributed by atoms with Crippen LogP contribution in [0.4, 0.5) is 4.39 Å². The number of halogens is 4. The molecule has 4 aromatic rings. The molecule has 0 fully saturated rings. The van der Waals surface area contributed by atoms with Crippen molar-refractivity contribution >= 4 is 64.9 Å². The van der Waals surface area contributed by atoms with Crippen molar-refractivity contribution in [1.29, 1.82) is 0 Å². The molecule has 192 valence electrons. The van der Waals surface area contributed by atoms with E-state index in [-0.39, 0.29) is 23.9 Å². The highest BCUT2D eigenvalue weighted by Gasteiger charge is 2.19. The van der Waals surface area contributed by atoms with Crippen LogP contribution in [-0.2, 0) is 6.61 Å². The average Bonchev–Trinajstić information content (AvgIpc) is 2.90. The fraction of sp³-hybridized carbons (Fsp3) is 0.222. The van der Waals surface area contributed by atoms with Gasteiger partial charge in [-0.05, 0) is 80.2 Å². The third-order valence-electron chi connectivity index (χ3n) is 5.87. The van der Waals surface area contributed by atoms with E-state index < -0.39 is 0 Å². The molecule has 0 saturated heterocycles. The predicted molar refractivity (Wildman–Crippen MR) is 155 cm³/mol. The molecule has 0 aliphatic rings. The van der Waals surface area contributed by atoms with E-state index in [0.29, 0.717) is 42.7 Å². The summed E-state index contributed by atoms with van der Waals surface area (Å²) in [5.74, 6) is 1.24. The van der Waals surface area contributed by atoms with Crippen LogP contribution in [0.3, 0.4) is 0 Å². The third-order valence-corrected chi connectivity index (χ3v) is 8.51. The van der Waals surface area contributed by atoms with E-state index in [2.05, 4.69) is 52.9 Å². The first kappa shape index (κ1) is 27.5. The van der Waals surface area contributed by atoms with Gasteiger partial charge in [0.25, 0.3) is 5.56 Å². The molecule has 0 radical (unpaired) electrons. The molecule has 1 heterocycles. The van der Waals surface area contributed by atoms with Gasteiger partial charge in [-0.2, -0.15) is 9.78 Å². The maximum atomic E-state index is 13.4. The lowest BCUT2D eigenvalue weighted by Gasteiger charge is -2.16. The summed E-state index contributed by atoms with van der Waals surface area (Å²) >= 11 is 10.6. The predicted octanol–water partition coefficient (Wildman–Crippen LogP) is 7.81. The number of aromatic nitrogens is 2. The highest BCUT2D eigenvalue weighted by Crippen LogP contribution is 2.42. The van der Waals surface area contributed by atoms with Gasteiger partial charge in [-0.1, -0.05) is 41.9 Å². The number of nitrogens with zero attached hydrogens (tertiary/aromatic N) is 3. The zero-order valence-corrected chi connectivity index (χ0v) is 25.0. The summed E-state index contributed by atoms with van der Waals surface area (Å²) in [7, 11) is 1.54. The average molecular weight is 696 g/mol. The normalized spacial score (nSPS) is 12.3. The van der Waals surface area contributed by atoms with Gasteiger partial charge in [0, 0.05) is 20.4 Å². The number of hydrogen-bond acceptors (Lipinski definition) is 5. The quantitative estimate of drug-likeness (QED) is 0.177. The fourth-order valence-corrected chi connectivity index (χ4v) is 4.92. The molecule has 0 saturated carbocycles. The Morgan fingerprint density at radius 2 is 1.84 bits per heavy atom. The van der Waals surface area contributed by atoms with Gasteiger partial charge >= 0.3 is 0 Å². The molecule has 1 atom stereocenters. The molecule has 0 amide bonds. The van der Waals surface area contributed by atoms with Crippen molar-refractivity contribution in [3.63, 3.8) is 0 Å². The van der Waals surface area contributed by atoms with Gasteiger partial charge in [-0.3, -0.25) is 4.79 Å². The van der Waals surface area contributed by atoms with E-state index in [1.165, 1.54) is 23.9 Å². The SMILES string of the molecule is CC[C@@H](C)c1nc2ccc(Br)cc2c(=O)n1N=Cc1cc(OC)c(OCc2ccc(F)cc2)c(Br)c1Br. The van der Waals surface area contributed by atoms with Gasteiger partial charge in [0.1, 0.15) is 18.2 Å². The van der Waals surface area contributed by atoms with Gasteiger partial charge in [0.2, 0.25) is 0 Å². The molecule has 0 spiro atoms. The molecule has 0 aliphatic carbocycles. The molecular weight excluding hydrogens is 673 g/mol. The highest BCUT2D eigenvalue weighted by atomic mass is 79.9. The molecule has 0 unspecified atom stereocenters. The van der Waals surface area contributed by atoms with Gasteiger partial charge in [-0.15, -0.1) is 0 Å². The Labute approximate surface area is 238 Å². The number of benzene rings is 3. The first-order valence-corrected chi connectivity index (χ1v) is 13.8. The smallest absolute Gasteiger partial charge is 0.282 e. The Kier molecular flexibility index (Phi) is 8.82. The van der Waals surface area contributed by atoms with Crippen molar-refractivity contribution in [3.8, 4) is 11.5 Å².